The molecule has 3 aromatic carbocycles. The van der Waals surface area contributed by atoms with Crippen molar-refractivity contribution in [3.05, 3.63) is 106 Å². The summed E-state index contributed by atoms with van der Waals surface area (Å²) < 4.78 is 39.1. The third kappa shape index (κ3) is 6.24. The first kappa shape index (κ1) is 21.2. The molecule has 0 aliphatic heterocycles. The molecule has 7 heteroatoms. The average Bonchev–Trinajstić information content (AvgIpc) is 2.67. The van der Waals surface area contributed by atoms with E-state index in [1.807, 2.05) is 30.3 Å². The van der Waals surface area contributed by atoms with Crippen molar-refractivity contribution in [1.82, 2.24) is 5.32 Å². The van der Waals surface area contributed by atoms with Crippen LogP contribution < -0.4 is 5.32 Å². The second-order valence-corrected chi connectivity index (χ2v) is 9.61. The van der Waals surface area contributed by atoms with Crippen molar-refractivity contribution in [2.45, 2.75) is 11.8 Å². The van der Waals surface area contributed by atoms with Gasteiger partial charge in [0.15, 0.2) is 9.84 Å². The van der Waals surface area contributed by atoms with Crippen LogP contribution in [0, 0.1) is 5.82 Å². The molecule has 1 unspecified atom stereocenters. The van der Waals surface area contributed by atoms with E-state index in [2.05, 4.69) is 21.2 Å². The van der Waals surface area contributed by atoms with Crippen LogP contribution in [0.5, 0.6) is 0 Å². The van der Waals surface area contributed by atoms with Crippen molar-refractivity contribution in [3.63, 3.8) is 0 Å². The third-order valence-corrected chi connectivity index (χ3v) is 6.24. The van der Waals surface area contributed by atoms with Gasteiger partial charge in [-0.3, -0.25) is 4.79 Å². The first-order valence-electron chi connectivity index (χ1n) is 8.87. The minimum Gasteiger partial charge on any atom is -0.344 e. The molecule has 29 heavy (non-hydrogen) atoms. The van der Waals surface area contributed by atoms with Crippen molar-refractivity contribution in [2.75, 3.05) is 5.75 Å². The highest BCUT2D eigenvalue weighted by Crippen LogP contribution is 2.22. The summed E-state index contributed by atoms with van der Waals surface area (Å²) >= 11 is 3.31. The van der Waals surface area contributed by atoms with Crippen molar-refractivity contribution in [3.8, 4) is 0 Å². The number of hydrogen-bond acceptors (Lipinski definition) is 3. The molecule has 0 aliphatic rings. The maximum atomic E-state index is 13.3. The standard InChI is InChI=1S/C22H19BrFNO3S/c23-19-8-4-5-16(13-19)14-29(27,28)15-21(26)25-22(17-6-2-1-3-7-17)18-9-11-20(24)12-10-18/h1-13,22H,14-15H2,(H,25,26). The maximum Gasteiger partial charge on any atom is 0.235 e. The monoisotopic (exact) mass is 475 g/mol. The highest BCUT2D eigenvalue weighted by Gasteiger charge is 2.22. The van der Waals surface area contributed by atoms with Crippen molar-refractivity contribution >= 4 is 31.7 Å². The van der Waals surface area contributed by atoms with Gasteiger partial charge in [-0.2, -0.15) is 0 Å². The van der Waals surface area contributed by atoms with Crippen LogP contribution in [0.15, 0.2) is 83.3 Å². The predicted octanol–water partition coefficient (Wildman–Crippen LogP) is 4.41. The zero-order valence-electron chi connectivity index (χ0n) is 15.4. The summed E-state index contributed by atoms with van der Waals surface area (Å²) in [4.78, 5) is 12.6. The first-order valence-corrected chi connectivity index (χ1v) is 11.5. The molecule has 1 atom stereocenters. The van der Waals surface area contributed by atoms with Gasteiger partial charge in [0, 0.05) is 4.47 Å². The molecular weight excluding hydrogens is 457 g/mol. The molecule has 0 bridgehead atoms. The number of nitrogens with one attached hydrogen (secondary N) is 1. The molecule has 1 amide bonds. The van der Waals surface area contributed by atoms with Crippen molar-refractivity contribution < 1.29 is 17.6 Å². The second-order valence-electron chi connectivity index (χ2n) is 6.62. The van der Waals surface area contributed by atoms with Gasteiger partial charge in [0.05, 0.1) is 11.8 Å². The lowest BCUT2D eigenvalue weighted by atomic mass is 9.98. The molecule has 0 heterocycles. The third-order valence-electron chi connectivity index (χ3n) is 4.27. The van der Waals surface area contributed by atoms with E-state index in [0.29, 0.717) is 11.1 Å². The summed E-state index contributed by atoms with van der Waals surface area (Å²) in [6.07, 6.45) is 0. The van der Waals surface area contributed by atoms with Gasteiger partial charge < -0.3 is 5.32 Å². The van der Waals surface area contributed by atoms with Crippen molar-refractivity contribution in [1.29, 1.82) is 0 Å². The number of sulfone groups is 1. The quantitative estimate of drug-likeness (QED) is 0.550. The summed E-state index contributed by atoms with van der Waals surface area (Å²) in [6.45, 7) is 0. The molecule has 1 N–H and O–H groups in total. The van der Waals surface area contributed by atoms with Crippen LogP contribution in [-0.4, -0.2) is 20.1 Å². The SMILES string of the molecule is O=C(CS(=O)(=O)Cc1cccc(Br)c1)NC(c1ccccc1)c1ccc(F)cc1. The zero-order valence-corrected chi connectivity index (χ0v) is 17.8. The smallest absolute Gasteiger partial charge is 0.235 e. The Morgan fingerprint density at radius 2 is 1.59 bits per heavy atom. The van der Waals surface area contributed by atoms with Gasteiger partial charge in [0.25, 0.3) is 0 Å². The number of halogens is 2. The first-order chi connectivity index (χ1) is 13.8. The minimum absolute atomic E-state index is 0.230. The summed E-state index contributed by atoms with van der Waals surface area (Å²) in [5.41, 5.74) is 2.04. The molecule has 4 nitrogen and oxygen atoms in total. The molecule has 0 aliphatic carbocycles. The van der Waals surface area contributed by atoms with Crippen LogP contribution in [0.1, 0.15) is 22.7 Å². The van der Waals surface area contributed by atoms with E-state index in [4.69, 9.17) is 0 Å². The van der Waals surface area contributed by atoms with Crippen LogP contribution in [0.3, 0.4) is 0 Å². The minimum atomic E-state index is -3.66. The predicted molar refractivity (Wildman–Crippen MR) is 114 cm³/mol. The van der Waals surface area contributed by atoms with Gasteiger partial charge in [0.2, 0.25) is 5.91 Å². The molecule has 0 radical (unpaired) electrons. The average molecular weight is 476 g/mol. The Hall–Kier alpha value is -2.51. The fourth-order valence-corrected chi connectivity index (χ4v) is 4.71. The Labute approximate surface area is 177 Å². The highest BCUT2D eigenvalue weighted by atomic mass is 79.9. The van der Waals surface area contributed by atoms with Crippen molar-refractivity contribution in [2.24, 2.45) is 0 Å². The van der Waals surface area contributed by atoms with Crippen LogP contribution in [0.4, 0.5) is 4.39 Å². The fraction of sp³-hybridized carbons (Fsp3) is 0.136. The van der Waals surface area contributed by atoms with Gasteiger partial charge in [-0.05, 0) is 41.0 Å². The summed E-state index contributed by atoms with van der Waals surface area (Å²) in [5, 5.41) is 2.77. The largest absolute Gasteiger partial charge is 0.344 e. The molecule has 3 rings (SSSR count). The Morgan fingerprint density at radius 1 is 0.931 bits per heavy atom. The van der Waals surface area contributed by atoms with Gasteiger partial charge in [-0.25, -0.2) is 12.8 Å². The van der Waals surface area contributed by atoms with E-state index in [0.717, 1.165) is 10.0 Å². The Balaban J connectivity index is 1.77. The van der Waals surface area contributed by atoms with Crippen LogP contribution in [-0.2, 0) is 20.4 Å². The van der Waals surface area contributed by atoms with Gasteiger partial charge in [-0.1, -0.05) is 70.5 Å². The maximum absolute atomic E-state index is 13.3. The normalized spacial score (nSPS) is 12.3. The topological polar surface area (TPSA) is 63.2 Å². The lowest BCUT2D eigenvalue weighted by Gasteiger charge is -2.20. The number of carbonyl (C=O) groups excluding carboxylic acids is 1. The van der Waals surface area contributed by atoms with E-state index in [9.17, 15) is 17.6 Å². The van der Waals surface area contributed by atoms with Gasteiger partial charge in [0.1, 0.15) is 11.6 Å². The van der Waals surface area contributed by atoms with Crippen LogP contribution in [0.25, 0.3) is 0 Å². The van der Waals surface area contributed by atoms with Crippen LogP contribution >= 0.6 is 15.9 Å². The van der Waals surface area contributed by atoms with E-state index < -0.39 is 27.5 Å². The van der Waals surface area contributed by atoms with E-state index >= 15 is 0 Å². The van der Waals surface area contributed by atoms with Gasteiger partial charge >= 0.3 is 0 Å². The molecule has 3 aromatic rings. The second kappa shape index (κ2) is 9.33. The molecule has 0 saturated carbocycles. The summed E-state index contributed by atoms with van der Waals surface area (Å²) in [7, 11) is -3.66. The molecule has 0 saturated heterocycles. The fourth-order valence-electron chi connectivity index (χ4n) is 2.99. The molecular formula is C22H19BrFNO3S. The Morgan fingerprint density at radius 3 is 2.24 bits per heavy atom. The number of carbonyl (C=O) groups is 1. The number of amides is 1. The highest BCUT2D eigenvalue weighted by molar-refractivity contribution is 9.10. The van der Waals surface area contributed by atoms with E-state index in [1.165, 1.54) is 12.1 Å². The summed E-state index contributed by atoms with van der Waals surface area (Å²) in [5.74, 6) is -1.86. The number of benzene rings is 3. The molecule has 0 spiro atoms. The van der Waals surface area contributed by atoms with Gasteiger partial charge in [-0.15, -0.1) is 0 Å². The Bertz CT molecular complexity index is 1090. The molecule has 0 fully saturated rings. The molecule has 150 valence electrons. The van der Waals surface area contributed by atoms with E-state index in [1.54, 1.807) is 36.4 Å². The molecule has 0 aromatic heterocycles. The lowest BCUT2D eigenvalue weighted by molar-refractivity contribution is -0.119. The number of rotatable bonds is 7. The Kier molecular flexibility index (Phi) is 6.82. The number of hydrogen-bond donors (Lipinski definition) is 1. The zero-order chi connectivity index (χ0) is 20.9. The van der Waals surface area contributed by atoms with E-state index in [-0.39, 0.29) is 11.6 Å². The van der Waals surface area contributed by atoms with Crippen LogP contribution in [0.2, 0.25) is 0 Å². The lowest BCUT2D eigenvalue weighted by Crippen LogP contribution is -2.34. The summed E-state index contributed by atoms with van der Waals surface area (Å²) in [6, 6.07) is 21.3.